The summed E-state index contributed by atoms with van der Waals surface area (Å²) in [5.74, 6) is -0.737. The maximum Gasteiger partial charge on any atom is 0.191 e. The van der Waals surface area contributed by atoms with E-state index in [2.05, 4.69) is 6.58 Å². The van der Waals surface area contributed by atoms with Crippen LogP contribution in [0.25, 0.3) is 0 Å². The standard InChI is InChI=1S/C9H16O3/c1-8(2)3-4-9(7-10)11-5-6-12-9/h10H,1,3-7H2,2H3. The maximum atomic E-state index is 9.05. The Hall–Kier alpha value is -0.380. The van der Waals surface area contributed by atoms with E-state index in [0.29, 0.717) is 19.6 Å². The monoisotopic (exact) mass is 172 g/mol. The summed E-state index contributed by atoms with van der Waals surface area (Å²) in [4.78, 5) is 0. The average molecular weight is 172 g/mol. The topological polar surface area (TPSA) is 38.7 Å². The van der Waals surface area contributed by atoms with Gasteiger partial charge in [-0.15, -0.1) is 6.58 Å². The van der Waals surface area contributed by atoms with Gasteiger partial charge in [0.25, 0.3) is 0 Å². The predicted molar refractivity (Wildman–Crippen MR) is 45.8 cm³/mol. The first kappa shape index (κ1) is 9.71. The van der Waals surface area contributed by atoms with E-state index in [-0.39, 0.29) is 6.61 Å². The second-order valence-electron chi connectivity index (χ2n) is 3.22. The van der Waals surface area contributed by atoms with Crippen molar-refractivity contribution in [1.82, 2.24) is 0 Å². The molecular weight excluding hydrogens is 156 g/mol. The van der Waals surface area contributed by atoms with Gasteiger partial charge in [-0.2, -0.15) is 0 Å². The van der Waals surface area contributed by atoms with Crippen LogP contribution in [0.5, 0.6) is 0 Å². The Kier molecular flexibility index (Phi) is 3.26. The summed E-state index contributed by atoms with van der Waals surface area (Å²) >= 11 is 0. The summed E-state index contributed by atoms with van der Waals surface area (Å²) < 4.78 is 10.7. The minimum absolute atomic E-state index is 0.0692. The molecule has 0 aromatic rings. The van der Waals surface area contributed by atoms with Crippen molar-refractivity contribution in [1.29, 1.82) is 0 Å². The average Bonchev–Trinajstić information content (AvgIpc) is 2.50. The smallest absolute Gasteiger partial charge is 0.191 e. The van der Waals surface area contributed by atoms with E-state index < -0.39 is 5.79 Å². The molecule has 0 saturated carbocycles. The second-order valence-corrected chi connectivity index (χ2v) is 3.22. The number of allylic oxidation sites excluding steroid dienone is 1. The molecule has 1 saturated heterocycles. The van der Waals surface area contributed by atoms with Gasteiger partial charge >= 0.3 is 0 Å². The zero-order valence-electron chi connectivity index (χ0n) is 7.51. The molecule has 3 heteroatoms. The number of hydrogen-bond donors (Lipinski definition) is 1. The Morgan fingerprint density at radius 1 is 1.50 bits per heavy atom. The van der Waals surface area contributed by atoms with Gasteiger partial charge < -0.3 is 14.6 Å². The van der Waals surface area contributed by atoms with Crippen molar-refractivity contribution in [2.24, 2.45) is 0 Å². The zero-order chi connectivity index (χ0) is 9.03. The molecule has 12 heavy (non-hydrogen) atoms. The van der Waals surface area contributed by atoms with Crippen LogP contribution < -0.4 is 0 Å². The van der Waals surface area contributed by atoms with Gasteiger partial charge in [-0.25, -0.2) is 0 Å². The van der Waals surface area contributed by atoms with Crippen LogP contribution in [0.3, 0.4) is 0 Å². The van der Waals surface area contributed by atoms with Crippen LogP contribution in [0.1, 0.15) is 19.8 Å². The Morgan fingerprint density at radius 3 is 2.50 bits per heavy atom. The van der Waals surface area contributed by atoms with Crippen LogP contribution in [0.2, 0.25) is 0 Å². The van der Waals surface area contributed by atoms with Gasteiger partial charge in [0.2, 0.25) is 0 Å². The van der Waals surface area contributed by atoms with E-state index >= 15 is 0 Å². The van der Waals surface area contributed by atoms with E-state index in [0.717, 1.165) is 12.0 Å². The second kappa shape index (κ2) is 4.03. The first-order valence-electron chi connectivity index (χ1n) is 4.22. The van der Waals surface area contributed by atoms with Gasteiger partial charge in [-0.3, -0.25) is 0 Å². The Bertz CT molecular complexity index is 159. The molecular formula is C9H16O3. The summed E-state index contributed by atoms with van der Waals surface area (Å²) in [7, 11) is 0. The molecule has 0 aliphatic carbocycles. The van der Waals surface area contributed by atoms with Crippen molar-refractivity contribution < 1.29 is 14.6 Å². The van der Waals surface area contributed by atoms with Crippen molar-refractivity contribution in [2.75, 3.05) is 19.8 Å². The molecule has 1 rings (SSSR count). The normalized spacial score (nSPS) is 21.2. The van der Waals surface area contributed by atoms with E-state index in [1.807, 2.05) is 6.92 Å². The predicted octanol–water partition coefficient (Wildman–Crippen LogP) is 1.08. The van der Waals surface area contributed by atoms with Gasteiger partial charge in [0.1, 0.15) is 0 Å². The lowest BCUT2D eigenvalue weighted by molar-refractivity contribution is -0.186. The minimum atomic E-state index is -0.737. The molecule has 0 aromatic heterocycles. The molecule has 0 bridgehead atoms. The number of ether oxygens (including phenoxy) is 2. The van der Waals surface area contributed by atoms with Gasteiger partial charge in [0.05, 0.1) is 19.8 Å². The summed E-state index contributed by atoms with van der Waals surface area (Å²) in [6.45, 7) is 6.84. The van der Waals surface area contributed by atoms with Gasteiger partial charge in [0.15, 0.2) is 5.79 Å². The van der Waals surface area contributed by atoms with Crippen molar-refractivity contribution in [2.45, 2.75) is 25.6 Å². The van der Waals surface area contributed by atoms with E-state index in [4.69, 9.17) is 14.6 Å². The maximum absolute atomic E-state index is 9.05. The van der Waals surface area contributed by atoms with Gasteiger partial charge in [-0.1, -0.05) is 5.57 Å². The van der Waals surface area contributed by atoms with E-state index in [1.54, 1.807) is 0 Å². The Labute approximate surface area is 73.0 Å². The summed E-state index contributed by atoms with van der Waals surface area (Å²) in [5, 5.41) is 9.05. The zero-order valence-corrected chi connectivity index (χ0v) is 7.51. The van der Waals surface area contributed by atoms with E-state index in [9.17, 15) is 0 Å². The van der Waals surface area contributed by atoms with Gasteiger partial charge in [-0.05, 0) is 13.3 Å². The Morgan fingerprint density at radius 2 is 2.08 bits per heavy atom. The number of rotatable bonds is 4. The first-order valence-corrected chi connectivity index (χ1v) is 4.22. The van der Waals surface area contributed by atoms with Crippen LogP contribution in [0.4, 0.5) is 0 Å². The molecule has 0 radical (unpaired) electrons. The van der Waals surface area contributed by atoms with Gasteiger partial charge in [0, 0.05) is 6.42 Å². The van der Waals surface area contributed by atoms with Crippen LogP contribution in [-0.4, -0.2) is 30.7 Å². The third kappa shape index (κ3) is 2.30. The minimum Gasteiger partial charge on any atom is -0.391 e. The lowest BCUT2D eigenvalue weighted by atomic mass is 10.1. The highest BCUT2D eigenvalue weighted by molar-refractivity contribution is 4.90. The summed E-state index contributed by atoms with van der Waals surface area (Å²) in [5.41, 5.74) is 1.09. The lowest BCUT2D eigenvalue weighted by Gasteiger charge is -2.24. The quantitative estimate of drug-likeness (QED) is 0.645. The number of aliphatic hydroxyl groups excluding tert-OH is 1. The molecule has 1 N–H and O–H groups in total. The van der Waals surface area contributed by atoms with Crippen molar-refractivity contribution in [3.63, 3.8) is 0 Å². The molecule has 0 spiro atoms. The molecule has 0 atom stereocenters. The Balaban J connectivity index is 2.39. The fourth-order valence-corrected chi connectivity index (χ4v) is 1.22. The third-order valence-corrected chi connectivity index (χ3v) is 1.99. The lowest BCUT2D eigenvalue weighted by Crippen LogP contribution is -2.34. The van der Waals surface area contributed by atoms with Crippen LogP contribution >= 0.6 is 0 Å². The number of hydrogen-bond acceptors (Lipinski definition) is 3. The molecule has 70 valence electrons. The van der Waals surface area contributed by atoms with E-state index in [1.165, 1.54) is 0 Å². The molecule has 0 amide bonds. The fraction of sp³-hybridized carbons (Fsp3) is 0.778. The first-order chi connectivity index (χ1) is 5.68. The molecule has 1 heterocycles. The molecule has 1 fully saturated rings. The SMILES string of the molecule is C=C(C)CCC1(CO)OCCO1. The summed E-state index contributed by atoms with van der Waals surface area (Å²) in [6.07, 6.45) is 1.53. The van der Waals surface area contributed by atoms with Crippen molar-refractivity contribution in [3.05, 3.63) is 12.2 Å². The largest absolute Gasteiger partial charge is 0.391 e. The van der Waals surface area contributed by atoms with Crippen LogP contribution in [-0.2, 0) is 9.47 Å². The highest BCUT2D eigenvalue weighted by Crippen LogP contribution is 2.25. The fourth-order valence-electron chi connectivity index (χ4n) is 1.22. The van der Waals surface area contributed by atoms with Crippen LogP contribution in [0, 0.1) is 0 Å². The summed E-state index contributed by atoms with van der Waals surface area (Å²) in [6, 6.07) is 0. The van der Waals surface area contributed by atoms with Crippen LogP contribution in [0.15, 0.2) is 12.2 Å². The van der Waals surface area contributed by atoms with Crippen molar-refractivity contribution >= 4 is 0 Å². The van der Waals surface area contributed by atoms with Crippen molar-refractivity contribution in [3.8, 4) is 0 Å². The molecule has 3 nitrogen and oxygen atoms in total. The molecule has 1 aliphatic rings. The molecule has 0 aromatic carbocycles. The highest BCUT2D eigenvalue weighted by Gasteiger charge is 2.35. The number of aliphatic hydroxyl groups is 1. The molecule has 0 unspecified atom stereocenters. The third-order valence-electron chi connectivity index (χ3n) is 1.99. The molecule has 1 aliphatic heterocycles. The highest BCUT2D eigenvalue weighted by atomic mass is 16.7.